The number of rotatable bonds is 6. The molecule has 0 aromatic heterocycles. The summed E-state index contributed by atoms with van der Waals surface area (Å²) in [6.45, 7) is 9.75. The van der Waals surface area contributed by atoms with E-state index in [0.717, 1.165) is 31.5 Å². The van der Waals surface area contributed by atoms with Gasteiger partial charge in [-0.1, -0.05) is 37.6 Å². The van der Waals surface area contributed by atoms with Crippen LogP contribution in [0.5, 0.6) is 0 Å². The number of nitrogens with one attached hydrogen (secondary N) is 1. The monoisotopic (exact) mass is 296 g/mol. The molecule has 0 saturated carbocycles. The maximum Gasteiger partial charge on any atom is 0.318 e. The topological polar surface area (TPSA) is 32.3 Å². The van der Waals surface area contributed by atoms with Crippen molar-refractivity contribution in [2.45, 2.75) is 46.1 Å². The van der Waals surface area contributed by atoms with Crippen LogP contribution in [0.25, 0.3) is 0 Å². The van der Waals surface area contributed by atoms with E-state index in [1.807, 2.05) is 43.0 Å². The van der Waals surface area contributed by atoms with Crippen LogP contribution in [-0.2, 0) is 5.54 Å². The van der Waals surface area contributed by atoms with Gasteiger partial charge in [0.25, 0.3) is 0 Å². The molecule has 0 aliphatic rings. The van der Waals surface area contributed by atoms with E-state index in [2.05, 4.69) is 19.2 Å². The first-order valence-electron chi connectivity index (χ1n) is 7.23. The molecule has 0 bridgehead atoms. The van der Waals surface area contributed by atoms with E-state index >= 15 is 0 Å². The summed E-state index contributed by atoms with van der Waals surface area (Å²) in [5, 5.41) is 3.81. The second-order valence-electron chi connectivity index (χ2n) is 5.55. The van der Waals surface area contributed by atoms with Gasteiger partial charge in [0.2, 0.25) is 0 Å². The van der Waals surface area contributed by atoms with E-state index in [0.29, 0.717) is 5.02 Å². The SMILES string of the molecule is CCCN(CCC)C(=O)NC(C)(C)c1ccc(Cl)cc1. The summed E-state index contributed by atoms with van der Waals surface area (Å²) in [6.07, 6.45) is 1.93. The second kappa shape index (κ2) is 7.53. The first kappa shape index (κ1) is 16.8. The van der Waals surface area contributed by atoms with Crippen molar-refractivity contribution in [3.05, 3.63) is 34.9 Å². The Morgan fingerprint density at radius 2 is 1.65 bits per heavy atom. The van der Waals surface area contributed by atoms with Crippen molar-refractivity contribution in [3.8, 4) is 0 Å². The lowest BCUT2D eigenvalue weighted by Crippen LogP contribution is -2.48. The number of amides is 2. The maximum absolute atomic E-state index is 12.4. The average Bonchev–Trinajstić information content (AvgIpc) is 2.38. The third kappa shape index (κ3) is 4.71. The van der Waals surface area contributed by atoms with E-state index < -0.39 is 5.54 Å². The summed E-state index contributed by atoms with van der Waals surface area (Å²) < 4.78 is 0. The van der Waals surface area contributed by atoms with Gasteiger partial charge in [0.05, 0.1) is 5.54 Å². The van der Waals surface area contributed by atoms with E-state index in [1.54, 1.807) is 0 Å². The molecule has 0 unspecified atom stereocenters. The highest BCUT2D eigenvalue weighted by molar-refractivity contribution is 6.30. The van der Waals surface area contributed by atoms with Crippen molar-refractivity contribution in [2.75, 3.05) is 13.1 Å². The van der Waals surface area contributed by atoms with Crippen LogP contribution in [-0.4, -0.2) is 24.0 Å². The van der Waals surface area contributed by atoms with Gasteiger partial charge in [-0.15, -0.1) is 0 Å². The number of hydrogen-bond acceptors (Lipinski definition) is 1. The van der Waals surface area contributed by atoms with Crippen molar-refractivity contribution in [2.24, 2.45) is 0 Å². The van der Waals surface area contributed by atoms with Crippen LogP contribution < -0.4 is 5.32 Å². The van der Waals surface area contributed by atoms with Crippen LogP contribution in [0.1, 0.15) is 46.1 Å². The Morgan fingerprint density at radius 1 is 1.15 bits per heavy atom. The molecule has 0 atom stereocenters. The van der Waals surface area contributed by atoms with Crippen LogP contribution in [0, 0.1) is 0 Å². The summed E-state index contributed by atoms with van der Waals surface area (Å²) in [5.74, 6) is 0. The molecule has 0 radical (unpaired) electrons. The van der Waals surface area contributed by atoms with Gasteiger partial charge in [-0.3, -0.25) is 0 Å². The van der Waals surface area contributed by atoms with Gasteiger partial charge in [0.15, 0.2) is 0 Å². The van der Waals surface area contributed by atoms with E-state index in [4.69, 9.17) is 11.6 Å². The number of nitrogens with zero attached hydrogens (tertiary/aromatic N) is 1. The van der Waals surface area contributed by atoms with Gasteiger partial charge in [-0.25, -0.2) is 4.79 Å². The summed E-state index contributed by atoms with van der Waals surface area (Å²) >= 11 is 5.90. The normalized spacial score (nSPS) is 11.2. The fourth-order valence-corrected chi connectivity index (χ4v) is 2.27. The Bertz CT molecular complexity index is 423. The van der Waals surface area contributed by atoms with Gasteiger partial charge in [0.1, 0.15) is 0 Å². The molecule has 4 heteroatoms. The third-order valence-electron chi connectivity index (χ3n) is 3.26. The van der Waals surface area contributed by atoms with Crippen molar-refractivity contribution < 1.29 is 4.79 Å². The highest BCUT2D eigenvalue weighted by atomic mass is 35.5. The Balaban J connectivity index is 2.77. The largest absolute Gasteiger partial charge is 0.329 e. The number of halogens is 1. The smallest absolute Gasteiger partial charge is 0.318 e. The number of urea groups is 1. The molecule has 3 nitrogen and oxygen atoms in total. The van der Waals surface area contributed by atoms with Gasteiger partial charge >= 0.3 is 6.03 Å². The van der Waals surface area contributed by atoms with Gasteiger partial charge < -0.3 is 10.2 Å². The van der Waals surface area contributed by atoms with E-state index in [9.17, 15) is 4.79 Å². The Labute approximate surface area is 127 Å². The van der Waals surface area contributed by atoms with Crippen LogP contribution in [0.4, 0.5) is 4.79 Å². The summed E-state index contributed by atoms with van der Waals surface area (Å²) in [7, 11) is 0. The van der Waals surface area contributed by atoms with Crippen LogP contribution in [0.15, 0.2) is 24.3 Å². The molecule has 2 amide bonds. The first-order chi connectivity index (χ1) is 9.40. The highest BCUT2D eigenvalue weighted by Crippen LogP contribution is 2.22. The molecule has 112 valence electrons. The number of hydrogen-bond donors (Lipinski definition) is 1. The number of carbonyl (C=O) groups excluding carboxylic acids is 1. The van der Waals surface area contributed by atoms with E-state index in [1.165, 1.54) is 0 Å². The summed E-state index contributed by atoms with van der Waals surface area (Å²) in [6, 6.07) is 7.59. The second-order valence-corrected chi connectivity index (χ2v) is 5.99. The molecule has 1 aromatic rings. The zero-order valence-electron chi connectivity index (χ0n) is 12.9. The van der Waals surface area contributed by atoms with Gasteiger partial charge in [-0.05, 0) is 44.4 Å². The minimum Gasteiger partial charge on any atom is -0.329 e. The Hall–Kier alpha value is -1.22. The van der Waals surface area contributed by atoms with Gasteiger partial charge in [0, 0.05) is 18.1 Å². The molecule has 1 aromatic carbocycles. The molecular weight excluding hydrogens is 272 g/mol. The van der Waals surface area contributed by atoms with Crippen LogP contribution in [0.3, 0.4) is 0 Å². The summed E-state index contributed by atoms with van der Waals surface area (Å²) in [4.78, 5) is 14.2. The van der Waals surface area contributed by atoms with Crippen molar-refractivity contribution in [1.29, 1.82) is 0 Å². The fourth-order valence-electron chi connectivity index (χ4n) is 2.14. The quantitative estimate of drug-likeness (QED) is 0.829. The van der Waals surface area contributed by atoms with Crippen molar-refractivity contribution in [1.82, 2.24) is 10.2 Å². The maximum atomic E-state index is 12.4. The molecule has 0 aliphatic heterocycles. The lowest BCUT2D eigenvalue weighted by Gasteiger charge is -2.31. The average molecular weight is 297 g/mol. The van der Waals surface area contributed by atoms with E-state index in [-0.39, 0.29) is 6.03 Å². The van der Waals surface area contributed by atoms with Gasteiger partial charge in [-0.2, -0.15) is 0 Å². The molecule has 1 rings (SSSR count). The lowest BCUT2D eigenvalue weighted by atomic mass is 9.94. The first-order valence-corrected chi connectivity index (χ1v) is 7.61. The molecule has 0 heterocycles. The van der Waals surface area contributed by atoms with Crippen molar-refractivity contribution >= 4 is 17.6 Å². The highest BCUT2D eigenvalue weighted by Gasteiger charge is 2.25. The predicted octanol–water partition coefficient (Wildman–Crippen LogP) is 4.41. The molecular formula is C16H25ClN2O. The van der Waals surface area contributed by atoms with Crippen molar-refractivity contribution in [3.63, 3.8) is 0 Å². The molecule has 0 aliphatic carbocycles. The molecule has 1 N–H and O–H groups in total. The Morgan fingerprint density at radius 3 is 2.10 bits per heavy atom. The third-order valence-corrected chi connectivity index (χ3v) is 3.51. The standard InChI is InChI=1S/C16H25ClN2O/c1-5-11-19(12-6-2)15(20)18-16(3,4)13-7-9-14(17)10-8-13/h7-10H,5-6,11-12H2,1-4H3,(H,18,20). The zero-order chi connectivity index (χ0) is 15.2. The Kier molecular flexibility index (Phi) is 6.34. The molecule has 0 fully saturated rings. The minimum absolute atomic E-state index is 0.00588. The molecule has 20 heavy (non-hydrogen) atoms. The zero-order valence-corrected chi connectivity index (χ0v) is 13.6. The summed E-state index contributed by atoms with van der Waals surface area (Å²) in [5.41, 5.74) is 0.629. The minimum atomic E-state index is -0.415. The predicted molar refractivity (Wildman–Crippen MR) is 85.2 cm³/mol. The lowest BCUT2D eigenvalue weighted by molar-refractivity contribution is 0.186. The number of carbonyl (C=O) groups is 1. The molecule has 0 spiro atoms. The van der Waals surface area contributed by atoms with Crippen LogP contribution >= 0.6 is 11.6 Å². The fraction of sp³-hybridized carbons (Fsp3) is 0.562. The van der Waals surface area contributed by atoms with Crippen LogP contribution in [0.2, 0.25) is 5.02 Å². The number of benzene rings is 1. The molecule has 0 saturated heterocycles.